The molecule has 6 N–H and O–H groups in total. The van der Waals surface area contributed by atoms with Crippen LogP contribution in [-0.2, 0) is 28.9 Å². The number of ether oxygens (including phenoxy) is 2. The zero-order valence-corrected chi connectivity index (χ0v) is 40.5. The minimum absolute atomic E-state index is 0.255. The molecule has 0 radical (unpaired) electrons. The SMILES string of the molecule is CCCCC/C=C\C=C/CCCCCCCCC(=O)NC(COC1OC(CO)C(O)C(OS(=O)(=O)O)C1O)C(O)/C=C/CCCCCCCCCCCCCCCCCCCCC. The monoisotopic (exact) mass is 916 g/mol. The number of nitrogens with one attached hydrogen (secondary N) is 1. The average Bonchev–Trinajstić information content (AvgIpc) is 3.25. The van der Waals surface area contributed by atoms with Gasteiger partial charge < -0.3 is 35.2 Å². The second kappa shape index (κ2) is 40.6. The summed E-state index contributed by atoms with van der Waals surface area (Å²) in [5.41, 5.74) is 0. The summed E-state index contributed by atoms with van der Waals surface area (Å²) >= 11 is 0. The van der Waals surface area contributed by atoms with Crippen molar-refractivity contribution in [2.75, 3.05) is 13.2 Å². The lowest BCUT2D eigenvalue weighted by atomic mass is 9.99. The molecule has 0 aliphatic carbocycles. The number of amides is 1. The Balaban J connectivity index is 2.47. The van der Waals surface area contributed by atoms with Gasteiger partial charge in [-0.25, -0.2) is 4.18 Å². The summed E-state index contributed by atoms with van der Waals surface area (Å²) < 4.78 is 47.7. The summed E-state index contributed by atoms with van der Waals surface area (Å²) in [5, 5.41) is 44.8. The summed E-state index contributed by atoms with van der Waals surface area (Å²) in [7, 11) is -5.09. The van der Waals surface area contributed by atoms with Gasteiger partial charge in [-0.05, 0) is 44.9 Å². The van der Waals surface area contributed by atoms with Crippen LogP contribution in [-0.4, -0.2) is 95.4 Å². The summed E-state index contributed by atoms with van der Waals surface area (Å²) in [6.45, 7) is 3.36. The maximum absolute atomic E-state index is 13.0. The molecular formula is C50H93NO11S. The van der Waals surface area contributed by atoms with Crippen molar-refractivity contribution in [3.05, 3.63) is 36.5 Å². The molecule has 1 heterocycles. The first-order valence-corrected chi connectivity index (χ1v) is 26.8. The molecule has 370 valence electrons. The summed E-state index contributed by atoms with van der Waals surface area (Å²) in [5.74, 6) is -0.274. The molecule has 63 heavy (non-hydrogen) atoms. The zero-order chi connectivity index (χ0) is 46.2. The molecular weight excluding hydrogens is 823 g/mol. The molecule has 1 aliphatic heterocycles. The highest BCUT2D eigenvalue weighted by molar-refractivity contribution is 7.80. The fourth-order valence-corrected chi connectivity index (χ4v) is 8.48. The van der Waals surface area contributed by atoms with E-state index in [4.69, 9.17) is 9.47 Å². The van der Waals surface area contributed by atoms with E-state index in [1.165, 1.54) is 128 Å². The molecule has 12 nitrogen and oxygen atoms in total. The van der Waals surface area contributed by atoms with Crippen molar-refractivity contribution in [1.29, 1.82) is 0 Å². The number of aliphatic hydroxyl groups is 4. The predicted octanol–water partition coefficient (Wildman–Crippen LogP) is 10.7. The van der Waals surface area contributed by atoms with E-state index in [0.29, 0.717) is 6.42 Å². The molecule has 0 saturated carbocycles. The molecule has 0 bridgehead atoms. The average molecular weight is 916 g/mol. The van der Waals surface area contributed by atoms with Gasteiger partial charge in [0.2, 0.25) is 5.91 Å². The van der Waals surface area contributed by atoms with Crippen molar-refractivity contribution in [1.82, 2.24) is 5.32 Å². The Labute approximate surface area is 384 Å². The van der Waals surface area contributed by atoms with Gasteiger partial charge in [0.15, 0.2) is 6.29 Å². The second-order valence-corrected chi connectivity index (χ2v) is 18.8. The van der Waals surface area contributed by atoms with E-state index >= 15 is 0 Å². The summed E-state index contributed by atoms with van der Waals surface area (Å²) in [4.78, 5) is 13.0. The molecule has 0 aromatic rings. The zero-order valence-electron chi connectivity index (χ0n) is 39.6. The van der Waals surface area contributed by atoms with Gasteiger partial charge in [-0.1, -0.05) is 204 Å². The first-order valence-electron chi connectivity index (χ1n) is 25.4. The van der Waals surface area contributed by atoms with Crippen LogP contribution in [0.2, 0.25) is 0 Å². The van der Waals surface area contributed by atoms with Crippen LogP contribution in [0.5, 0.6) is 0 Å². The van der Waals surface area contributed by atoms with E-state index < -0.39 is 59.9 Å². The van der Waals surface area contributed by atoms with Gasteiger partial charge in [-0.2, -0.15) is 8.42 Å². The van der Waals surface area contributed by atoms with Crippen molar-refractivity contribution in [3.8, 4) is 0 Å². The van der Waals surface area contributed by atoms with Gasteiger partial charge in [0, 0.05) is 6.42 Å². The lowest BCUT2D eigenvalue weighted by molar-refractivity contribution is -0.298. The third kappa shape index (κ3) is 33.4. The number of allylic oxidation sites excluding steroid dienone is 5. The van der Waals surface area contributed by atoms with E-state index in [-0.39, 0.29) is 18.9 Å². The van der Waals surface area contributed by atoms with Crippen LogP contribution >= 0.6 is 0 Å². The number of hydrogen-bond donors (Lipinski definition) is 6. The van der Waals surface area contributed by atoms with Gasteiger partial charge in [0.05, 0.1) is 25.4 Å². The highest BCUT2D eigenvalue weighted by Gasteiger charge is 2.48. The van der Waals surface area contributed by atoms with Crippen molar-refractivity contribution < 1.29 is 51.8 Å². The minimum atomic E-state index is -5.09. The molecule has 13 heteroatoms. The molecule has 7 atom stereocenters. The van der Waals surface area contributed by atoms with Crippen molar-refractivity contribution in [2.45, 2.75) is 262 Å². The standard InChI is InChI=1S/C50H93NO11S/c1-3-5-7-9-11-13-15-17-19-20-21-22-23-24-26-27-29-31-33-35-37-39-44(53)43(42-60-50-48(56)49(62-63(57,58)59)47(55)45(41-52)61-50)51-46(54)40-38-36-34-32-30-28-25-18-16-14-12-10-8-6-4-2/h12,14,16,18,37,39,43-45,47-50,52-53,55-56H,3-11,13,15,17,19-36,38,40-42H2,1-2H3,(H,51,54)(H,57,58,59)/b14-12-,18-16-,39-37+. The molecule has 0 spiro atoms. The third-order valence-electron chi connectivity index (χ3n) is 11.9. The first-order chi connectivity index (χ1) is 30.5. The van der Waals surface area contributed by atoms with Crippen LogP contribution in [0.1, 0.15) is 219 Å². The lowest BCUT2D eigenvalue weighted by Crippen LogP contribution is -2.61. The second-order valence-electron chi connectivity index (χ2n) is 17.8. The highest BCUT2D eigenvalue weighted by atomic mass is 32.3. The number of unbranched alkanes of at least 4 members (excludes halogenated alkanes) is 28. The fraction of sp³-hybridized carbons (Fsp3) is 0.860. The fourth-order valence-electron chi connectivity index (χ4n) is 7.97. The topological polar surface area (TPSA) is 192 Å². The van der Waals surface area contributed by atoms with Crippen LogP contribution in [0.3, 0.4) is 0 Å². The van der Waals surface area contributed by atoms with Gasteiger partial charge in [-0.15, -0.1) is 0 Å². The Hall–Kier alpha value is -1.68. The van der Waals surface area contributed by atoms with E-state index in [2.05, 4.69) is 47.7 Å². The number of hydrogen-bond acceptors (Lipinski definition) is 10. The van der Waals surface area contributed by atoms with Crippen LogP contribution in [0.25, 0.3) is 0 Å². The largest absolute Gasteiger partial charge is 0.397 e. The quantitative estimate of drug-likeness (QED) is 0.0148. The minimum Gasteiger partial charge on any atom is -0.394 e. The Morgan fingerprint density at radius 2 is 1.05 bits per heavy atom. The van der Waals surface area contributed by atoms with Crippen LogP contribution in [0, 0.1) is 0 Å². The predicted molar refractivity (Wildman–Crippen MR) is 255 cm³/mol. The van der Waals surface area contributed by atoms with Gasteiger partial charge in [0.25, 0.3) is 0 Å². The Kier molecular flexibility index (Phi) is 38.2. The van der Waals surface area contributed by atoms with Crippen molar-refractivity contribution >= 4 is 16.3 Å². The Bertz CT molecular complexity index is 1260. The van der Waals surface area contributed by atoms with Gasteiger partial charge in [-0.3, -0.25) is 9.35 Å². The van der Waals surface area contributed by atoms with E-state index in [9.17, 15) is 38.2 Å². The molecule has 0 aromatic heterocycles. The number of carbonyl (C=O) groups is 1. The Morgan fingerprint density at radius 1 is 0.635 bits per heavy atom. The van der Waals surface area contributed by atoms with Crippen molar-refractivity contribution in [2.24, 2.45) is 0 Å². The highest BCUT2D eigenvalue weighted by Crippen LogP contribution is 2.26. The van der Waals surface area contributed by atoms with E-state index in [0.717, 1.165) is 64.2 Å². The first kappa shape index (κ1) is 59.3. The smallest absolute Gasteiger partial charge is 0.394 e. The van der Waals surface area contributed by atoms with Gasteiger partial charge >= 0.3 is 10.4 Å². The van der Waals surface area contributed by atoms with E-state index in [1.54, 1.807) is 6.08 Å². The summed E-state index contributed by atoms with van der Waals surface area (Å²) in [6, 6.07) is -0.950. The molecule has 1 aliphatic rings. The third-order valence-corrected chi connectivity index (χ3v) is 12.4. The maximum atomic E-state index is 13.0. The molecule has 0 aromatic carbocycles. The maximum Gasteiger partial charge on any atom is 0.397 e. The number of rotatable bonds is 43. The summed E-state index contributed by atoms with van der Waals surface area (Å²) in [6.07, 6.45) is 40.4. The molecule has 1 rings (SSSR count). The molecule has 7 unspecified atom stereocenters. The van der Waals surface area contributed by atoms with Crippen LogP contribution < -0.4 is 5.32 Å². The molecule has 1 saturated heterocycles. The Morgan fingerprint density at radius 3 is 1.51 bits per heavy atom. The normalized spacial score (nSPS) is 20.7. The van der Waals surface area contributed by atoms with E-state index in [1.807, 2.05) is 6.08 Å². The number of carbonyl (C=O) groups excluding carboxylic acids is 1. The van der Waals surface area contributed by atoms with Crippen LogP contribution in [0.4, 0.5) is 0 Å². The lowest BCUT2D eigenvalue weighted by Gasteiger charge is -2.41. The molecule has 1 fully saturated rings. The molecule has 1 amide bonds. The van der Waals surface area contributed by atoms with Crippen LogP contribution in [0.15, 0.2) is 36.5 Å². The van der Waals surface area contributed by atoms with Gasteiger partial charge in [0.1, 0.15) is 24.4 Å². The van der Waals surface area contributed by atoms with Crippen molar-refractivity contribution in [3.63, 3.8) is 0 Å². The number of aliphatic hydroxyl groups excluding tert-OH is 4.